The van der Waals surface area contributed by atoms with Crippen molar-refractivity contribution < 1.29 is 24.1 Å². The number of ether oxygens (including phenoxy) is 3. The molecule has 0 radical (unpaired) electrons. The first-order valence-corrected chi connectivity index (χ1v) is 7.72. The summed E-state index contributed by atoms with van der Waals surface area (Å²) in [5.74, 6) is 0.741. The molecule has 0 bridgehead atoms. The minimum Gasteiger partial charge on any atom is -0.496 e. The molecule has 0 aromatic heterocycles. The van der Waals surface area contributed by atoms with Gasteiger partial charge in [-0.1, -0.05) is 13.3 Å². The molecule has 0 amide bonds. The molecule has 6 nitrogen and oxygen atoms in total. The first-order valence-electron chi connectivity index (χ1n) is 7.72. The van der Waals surface area contributed by atoms with Crippen molar-refractivity contribution in [3.63, 3.8) is 0 Å². The molecule has 130 valence electrons. The fourth-order valence-electron chi connectivity index (χ4n) is 2.74. The van der Waals surface area contributed by atoms with Gasteiger partial charge in [0.2, 0.25) is 0 Å². The molecule has 0 aliphatic heterocycles. The van der Waals surface area contributed by atoms with E-state index in [4.69, 9.17) is 19.9 Å². The number of nitrogens with two attached hydrogens (primary N) is 1. The molecule has 6 heteroatoms. The third kappa shape index (κ3) is 4.76. The molecule has 2 atom stereocenters. The summed E-state index contributed by atoms with van der Waals surface area (Å²) in [6.07, 6.45) is 2.00. The highest BCUT2D eigenvalue weighted by atomic mass is 16.5. The van der Waals surface area contributed by atoms with Crippen molar-refractivity contribution in [3.8, 4) is 17.2 Å². The van der Waals surface area contributed by atoms with E-state index >= 15 is 0 Å². The molecule has 1 rings (SSSR count). The zero-order chi connectivity index (χ0) is 17.4. The summed E-state index contributed by atoms with van der Waals surface area (Å²) < 4.78 is 16.3. The average molecular weight is 325 g/mol. The van der Waals surface area contributed by atoms with Gasteiger partial charge in [-0.25, -0.2) is 0 Å². The number of hydrogen-bond acceptors (Lipinski definition) is 5. The fourth-order valence-corrected chi connectivity index (χ4v) is 2.74. The number of carbonyl (C=O) groups is 1. The lowest BCUT2D eigenvalue weighted by Gasteiger charge is -2.22. The van der Waals surface area contributed by atoms with Gasteiger partial charge in [-0.15, -0.1) is 0 Å². The summed E-state index contributed by atoms with van der Waals surface area (Å²) in [6.45, 7) is 2.18. The van der Waals surface area contributed by atoms with E-state index in [2.05, 4.69) is 0 Å². The second-order valence-electron chi connectivity index (χ2n) is 5.47. The second-order valence-corrected chi connectivity index (χ2v) is 5.47. The molecule has 0 heterocycles. The van der Waals surface area contributed by atoms with Crippen LogP contribution in [-0.4, -0.2) is 38.9 Å². The van der Waals surface area contributed by atoms with Crippen molar-refractivity contribution in [1.82, 2.24) is 0 Å². The molecule has 0 saturated heterocycles. The molecule has 0 aliphatic carbocycles. The van der Waals surface area contributed by atoms with Crippen molar-refractivity contribution in [3.05, 3.63) is 17.7 Å². The number of benzene rings is 1. The topological polar surface area (TPSA) is 91.0 Å². The van der Waals surface area contributed by atoms with Crippen LogP contribution >= 0.6 is 0 Å². The predicted molar refractivity (Wildman–Crippen MR) is 88.4 cm³/mol. The molecule has 1 aromatic rings. The Kier molecular flexibility index (Phi) is 7.68. The summed E-state index contributed by atoms with van der Waals surface area (Å²) in [7, 11) is 4.77. The highest BCUT2D eigenvalue weighted by Gasteiger charge is 2.24. The number of aliphatic carboxylic acids is 1. The van der Waals surface area contributed by atoms with Crippen LogP contribution in [0.25, 0.3) is 0 Å². The molecule has 0 spiro atoms. The van der Waals surface area contributed by atoms with Crippen molar-refractivity contribution >= 4 is 5.97 Å². The number of hydrogen-bond donors (Lipinski definition) is 2. The zero-order valence-electron chi connectivity index (χ0n) is 14.3. The summed E-state index contributed by atoms with van der Waals surface area (Å²) in [6, 6.07) is 3.63. The molecule has 0 aliphatic rings. The largest absolute Gasteiger partial charge is 0.496 e. The maximum absolute atomic E-state index is 11.2. The predicted octanol–water partition coefficient (Wildman–Crippen LogP) is 2.33. The van der Waals surface area contributed by atoms with E-state index < -0.39 is 11.9 Å². The minimum atomic E-state index is -0.851. The van der Waals surface area contributed by atoms with Crippen LogP contribution in [0.5, 0.6) is 17.2 Å². The highest BCUT2D eigenvalue weighted by molar-refractivity contribution is 5.70. The van der Waals surface area contributed by atoms with Crippen molar-refractivity contribution in [2.24, 2.45) is 17.6 Å². The second kappa shape index (κ2) is 9.25. The Bertz CT molecular complexity index is 518. The smallest absolute Gasteiger partial charge is 0.307 e. The number of carboxylic acids is 1. The van der Waals surface area contributed by atoms with Gasteiger partial charge in [-0.2, -0.15) is 0 Å². The van der Waals surface area contributed by atoms with E-state index in [0.717, 1.165) is 12.0 Å². The van der Waals surface area contributed by atoms with E-state index in [1.165, 1.54) is 0 Å². The third-order valence-corrected chi connectivity index (χ3v) is 4.15. The molecule has 23 heavy (non-hydrogen) atoms. The van der Waals surface area contributed by atoms with Crippen LogP contribution in [0.2, 0.25) is 0 Å². The summed E-state index contributed by atoms with van der Waals surface area (Å²) in [4.78, 5) is 11.2. The lowest BCUT2D eigenvalue weighted by atomic mass is 9.87. The van der Waals surface area contributed by atoms with Crippen LogP contribution in [-0.2, 0) is 11.2 Å². The van der Waals surface area contributed by atoms with Gasteiger partial charge in [0.05, 0.1) is 27.2 Å². The van der Waals surface area contributed by atoms with Crippen molar-refractivity contribution in [1.29, 1.82) is 0 Å². The van der Waals surface area contributed by atoms with Crippen LogP contribution in [0.1, 0.15) is 25.3 Å². The van der Waals surface area contributed by atoms with Crippen molar-refractivity contribution in [2.45, 2.75) is 26.2 Å². The Labute approximate surface area is 137 Å². The van der Waals surface area contributed by atoms with E-state index in [1.54, 1.807) is 27.4 Å². The van der Waals surface area contributed by atoms with E-state index in [1.807, 2.05) is 13.0 Å². The monoisotopic (exact) mass is 325 g/mol. The van der Waals surface area contributed by atoms with Crippen LogP contribution in [0, 0.1) is 11.8 Å². The summed E-state index contributed by atoms with van der Waals surface area (Å²) in [5, 5.41) is 9.22. The number of rotatable bonds is 10. The Morgan fingerprint density at radius 2 is 1.78 bits per heavy atom. The lowest BCUT2D eigenvalue weighted by Crippen LogP contribution is -2.26. The van der Waals surface area contributed by atoms with Crippen molar-refractivity contribution in [2.75, 3.05) is 27.9 Å². The Balaban J connectivity index is 3.10. The van der Waals surface area contributed by atoms with Gasteiger partial charge in [0, 0.05) is 12.1 Å². The van der Waals surface area contributed by atoms with Gasteiger partial charge in [-0.05, 0) is 30.9 Å². The Hall–Kier alpha value is -1.95. The zero-order valence-corrected chi connectivity index (χ0v) is 14.3. The van der Waals surface area contributed by atoms with Gasteiger partial charge in [0.25, 0.3) is 0 Å². The van der Waals surface area contributed by atoms with Crippen LogP contribution in [0.3, 0.4) is 0 Å². The average Bonchev–Trinajstić information content (AvgIpc) is 2.57. The number of carboxylic acid groups (broad SMARTS) is 1. The molecule has 1 aromatic carbocycles. The molecule has 0 saturated carbocycles. The van der Waals surface area contributed by atoms with Gasteiger partial charge in [-0.3, -0.25) is 4.79 Å². The standard InChI is InChI=1S/C17H27NO5/c1-5-11(8-12(10-18)17(19)20)9-13-14(21-2)6-7-15(22-3)16(13)23-4/h6-7,11-12H,5,8-10,18H2,1-4H3,(H,19,20). The van der Waals surface area contributed by atoms with Crippen LogP contribution in [0.15, 0.2) is 12.1 Å². The summed E-state index contributed by atoms with van der Waals surface area (Å²) >= 11 is 0. The van der Waals surface area contributed by atoms with Gasteiger partial charge >= 0.3 is 5.97 Å². The molecule has 3 N–H and O–H groups in total. The van der Waals surface area contributed by atoms with Crippen LogP contribution < -0.4 is 19.9 Å². The van der Waals surface area contributed by atoms with Gasteiger partial charge in [0.1, 0.15) is 5.75 Å². The van der Waals surface area contributed by atoms with Gasteiger partial charge in [0.15, 0.2) is 11.5 Å². The maximum Gasteiger partial charge on any atom is 0.307 e. The Morgan fingerprint density at radius 1 is 1.17 bits per heavy atom. The van der Waals surface area contributed by atoms with Gasteiger partial charge < -0.3 is 25.1 Å². The molecule has 2 unspecified atom stereocenters. The highest BCUT2D eigenvalue weighted by Crippen LogP contribution is 2.39. The minimum absolute atomic E-state index is 0.137. The molecule has 0 fully saturated rings. The summed E-state index contributed by atoms with van der Waals surface area (Å²) in [5.41, 5.74) is 6.47. The Morgan fingerprint density at radius 3 is 2.22 bits per heavy atom. The quantitative estimate of drug-likeness (QED) is 0.686. The maximum atomic E-state index is 11.2. The third-order valence-electron chi connectivity index (χ3n) is 4.15. The SMILES string of the molecule is CCC(Cc1c(OC)ccc(OC)c1OC)CC(CN)C(=O)O. The van der Waals surface area contributed by atoms with E-state index in [9.17, 15) is 9.90 Å². The molecular formula is C17H27NO5. The fraction of sp³-hybridized carbons (Fsp3) is 0.588. The first-order chi connectivity index (χ1) is 11.0. The first kappa shape index (κ1) is 19.1. The van der Waals surface area contributed by atoms with Crippen LogP contribution in [0.4, 0.5) is 0 Å². The lowest BCUT2D eigenvalue weighted by molar-refractivity contribution is -0.142. The normalized spacial score (nSPS) is 13.3. The van der Waals surface area contributed by atoms with E-state index in [0.29, 0.717) is 30.1 Å². The number of methoxy groups -OCH3 is 3. The molecular weight excluding hydrogens is 298 g/mol. The van der Waals surface area contributed by atoms with E-state index in [-0.39, 0.29) is 12.5 Å².